The second kappa shape index (κ2) is 6.90. The van der Waals surface area contributed by atoms with Crippen LogP contribution in [0.5, 0.6) is 0 Å². The van der Waals surface area contributed by atoms with Gasteiger partial charge >= 0.3 is 21.7 Å². The molecule has 0 fully saturated rings. The van der Waals surface area contributed by atoms with Crippen molar-refractivity contribution in [1.29, 1.82) is 0 Å². The molecule has 6 nitrogen and oxygen atoms in total. The molecular formula is C15H17ClF3NO5S. The van der Waals surface area contributed by atoms with Crippen molar-refractivity contribution in [3.8, 4) is 0 Å². The molecule has 0 saturated heterocycles. The Morgan fingerprint density at radius 3 is 2.42 bits per heavy atom. The highest BCUT2D eigenvalue weighted by Gasteiger charge is 2.51. The summed E-state index contributed by atoms with van der Waals surface area (Å²) in [5.74, 6) is 0. The van der Waals surface area contributed by atoms with Crippen LogP contribution in [0.1, 0.15) is 38.1 Å². The Hall–Kier alpha value is -1.52. The van der Waals surface area contributed by atoms with E-state index < -0.39 is 33.5 Å². The maximum atomic E-state index is 12.8. The third kappa shape index (κ3) is 4.41. The van der Waals surface area contributed by atoms with Gasteiger partial charge in [-0.1, -0.05) is 23.7 Å². The van der Waals surface area contributed by atoms with Crippen LogP contribution in [0.2, 0.25) is 5.02 Å². The number of amides is 1. The number of fused-ring (bicyclic) bond motifs is 1. The Kier molecular flexibility index (Phi) is 5.51. The van der Waals surface area contributed by atoms with Crippen LogP contribution in [0.25, 0.3) is 0 Å². The van der Waals surface area contributed by atoms with Gasteiger partial charge in [-0.25, -0.2) is 8.98 Å². The first-order valence-electron chi connectivity index (χ1n) is 7.49. The molecule has 0 saturated carbocycles. The Morgan fingerprint density at radius 1 is 1.27 bits per heavy atom. The second-order valence-corrected chi connectivity index (χ2v) is 8.55. The minimum absolute atomic E-state index is 0.0578. The van der Waals surface area contributed by atoms with Gasteiger partial charge in [0.1, 0.15) is 5.60 Å². The van der Waals surface area contributed by atoms with Crippen molar-refractivity contribution in [2.45, 2.75) is 44.5 Å². The van der Waals surface area contributed by atoms with E-state index in [1.165, 1.54) is 18.2 Å². The molecule has 1 unspecified atom stereocenters. The van der Waals surface area contributed by atoms with Gasteiger partial charge in [-0.2, -0.15) is 21.6 Å². The molecule has 1 atom stereocenters. The topological polar surface area (TPSA) is 72.9 Å². The van der Waals surface area contributed by atoms with Crippen LogP contribution >= 0.6 is 11.6 Å². The van der Waals surface area contributed by atoms with Gasteiger partial charge in [0.05, 0.1) is 0 Å². The molecule has 1 aromatic rings. The van der Waals surface area contributed by atoms with Crippen LogP contribution < -0.4 is 0 Å². The number of carbonyl (C=O) groups is 1. The van der Waals surface area contributed by atoms with E-state index in [0.29, 0.717) is 5.56 Å². The minimum atomic E-state index is -5.96. The molecule has 146 valence electrons. The van der Waals surface area contributed by atoms with Gasteiger partial charge in [0, 0.05) is 17.1 Å². The lowest BCUT2D eigenvalue weighted by Crippen LogP contribution is -2.45. The van der Waals surface area contributed by atoms with Crippen molar-refractivity contribution in [3.05, 3.63) is 34.3 Å². The molecule has 0 aliphatic carbocycles. The van der Waals surface area contributed by atoms with E-state index in [2.05, 4.69) is 4.18 Å². The zero-order valence-electron chi connectivity index (χ0n) is 14.1. The number of benzene rings is 1. The van der Waals surface area contributed by atoms with E-state index in [9.17, 15) is 26.4 Å². The number of alkyl halides is 3. The quantitative estimate of drug-likeness (QED) is 0.539. The summed E-state index contributed by atoms with van der Waals surface area (Å²) in [4.78, 5) is 13.2. The fourth-order valence-corrected chi connectivity index (χ4v) is 3.21. The van der Waals surface area contributed by atoms with Crippen LogP contribution in [-0.2, 0) is 25.5 Å². The first kappa shape index (κ1) is 20.8. The van der Waals surface area contributed by atoms with Gasteiger partial charge in [-0.3, -0.25) is 4.90 Å². The lowest BCUT2D eigenvalue weighted by molar-refractivity contribution is -0.0715. The van der Waals surface area contributed by atoms with Crippen molar-refractivity contribution >= 4 is 27.8 Å². The summed E-state index contributed by atoms with van der Waals surface area (Å²) in [6.45, 7) is 4.59. The molecule has 26 heavy (non-hydrogen) atoms. The SMILES string of the molecule is CC(C)(C)OC(=O)N1CCc2c(Cl)cccc2C1OS(=O)(=O)C(F)(F)F. The van der Waals surface area contributed by atoms with Gasteiger partial charge in [0.2, 0.25) is 0 Å². The van der Waals surface area contributed by atoms with Crippen LogP contribution in [-0.4, -0.2) is 37.1 Å². The van der Waals surface area contributed by atoms with Crippen molar-refractivity contribution in [2.24, 2.45) is 0 Å². The summed E-state index contributed by atoms with van der Waals surface area (Å²) in [6, 6.07) is 4.30. The first-order chi connectivity index (χ1) is 11.7. The Bertz CT molecular complexity index is 804. The lowest BCUT2D eigenvalue weighted by atomic mass is 9.98. The van der Waals surface area contributed by atoms with E-state index in [1.807, 2.05) is 0 Å². The first-order valence-corrected chi connectivity index (χ1v) is 9.28. The highest BCUT2D eigenvalue weighted by Crippen LogP contribution is 2.38. The number of nitrogens with zero attached hydrogens (tertiary/aromatic N) is 1. The van der Waals surface area contributed by atoms with Gasteiger partial charge in [-0.05, 0) is 38.8 Å². The maximum absolute atomic E-state index is 12.8. The normalized spacial score (nSPS) is 18.4. The number of hydrogen-bond donors (Lipinski definition) is 0. The van der Waals surface area contributed by atoms with E-state index in [1.54, 1.807) is 20.8 Å². The van der Waals surface area contributed by atoms with Gasteiger partial charge in [0.25, 0.3) is 0 Å². The maximum Gasteiger partial charge on any atom is 0.523 e. The van der Waals surface area contributed by atoms with E-state index in [0.717, 1.165) is 4.90 Å². The van der Waals surface area contributed by atoms with E-state index in [-0.39, 0.29) is 23.6 Å². The van der Waals surface area contributed by atoms with E-state index >= 15 is 0 Å². The van der Waals surface area contributed by atoms with Crippen molar-refractivity contribution in [3.63, 3.8) is 0 Å². The molecular weight excluding hydrogens is 399 g/mol. The molecule has 1 aliphatic heterocycles. The zero-order valence-corrected chi connectivity index (χ0v) is 15.7. The van der Waals surface area contributed by atoms with E-state index in [4.69, 9.17) is 16.3 Å². The summed E-state index contributed by atoms with van der Waals surface area (Å²) in [5.41, 5.74) is -6.10. The summed E-state index contributed by atoms with van der Waals surface area (Å²) in [6.07, 6.45) is -2.62. The van der Waals surface area contributed by atoms with Crippen LogP contribution in [0.3, 0.4) is 0 Å². The standard InChI is InChI=1S/C15H17ClF3NO5S/c1-14(2,3)24-13(21)20-8-7-9-10(5-4-6-11(9)16)12(20)25-26(22,23)15(17,18)19/h4-6,12H,7-8H2,1-3H3. The summed E-state index contributed by atoms with van der Waals surface area (Å²) < 4.78 is 70.9. The summed E-state index contributed by atoms with van der Waals surface area (Å²) in [5, 5.41) is 0.240. The molecule has 1 aromatic carbocycles. The minimum Gasteiger partial charge on any atom is -0.444 e. The monoisotopic (exact) mass is 415 g/mol. The van der Waals surface area contributed by atoms with Gasteiger partial charge in [-0.15, -0.1) is 0 Å². The fraction of sp³-hybridized carbons (Fsp3) is 0.533. The molecule has 0 aromatic heterocycles. The smallest absolute Gasteiger partial charge is 0.444 e. The Balaban J connectivity index is 2.48. The molecule has 11 heteroatoms. The third-order valence-electron chi connectivity index (χ3n) is 3.44. The summed E-state index contributed by atoms with van der Waals surface area (Å²) in [7, 11) is -5.96. The Labute approximate surface area is 153 Å². The molecule has 1 aliphatic rings. The van der Waals surface area contributed by atoms with Crippen LogP contribution in [0.4, 0.5) is 18.0 Å². The zero-order chi connectivity index (χ0) is 19.9. The predicted molar refractivity (Wildman–Crippen MR) is 86.9 cm³/mol. The van der Waals surface area contributed by atoms with Gasteiger partial charge < -0.3 is 4.74 Å². The second-order valence-electron chi connectivity index (χ2n) is 6.58. The molecule has 1 heterocycles. The van der Waals surface area contributed by atoms with Crippen LogP contribution in [0, 0.1) is 0 Å². The molecule has 0 N–H and O–H groups in total. The molecule has 2 rings (SSSR count). The number of carbonyl (C=O) groups excluding carboxylic acids is 1. The number of halogens is 4. The van der Waals surface area contributed by atoms with Crippen molar-refractivity contribution in [1.82, 2.24) is 4.90 Å². The number of ether oxygens (including phenoxy) is 1. The average molecular weight is 416 g/mol. The molecule has 0 bridgehead atoms. The average Bonchev–Trinajstić information content (AvgIpc) is 2.44. The van der Waals surface area contributed by atoms with Gasteiger partial charge in [0.15, 0.2) is 6.23 Å². The molecule has 0 radical (unpaired) electrons. The predicted octanol–water partition coefficient (Wildman–Crippen LogP) is 4.00. The fourth-order valence-electron chi connectivity index (χ4n) is 2.37. The van der Waals surface area contributed by atoms with Crippen LogP contribution in [0.15, 0.2) is 18.2 Å². The highest BCUT2D eigenvalue weighted by molar-refractivity contribution is 7.87. The molecule has 0 spiro atoms. The van der Waals surface area contributed by atoms with Crippen molar-refractivity contribution in [2.75, 3.05) is 6.54 Å². The lowest BCUT2D eigenvalue weighted by Gasteiger charge is -2.37. The molecule has 1 amide bonds. The summed E-state index contributed by atoms with van der Waals surface area (Å²) >= 11 is 6.04. The van der Waals surface area contributed by atoms with Crippen molar-refractivity contribution < 1.29 is 35.3 Å². The highest BCUT2D eigenvalue weighted by atomic mass is 35.5. The number of hydrogen-bond acceptors (Lipinski definition) is 5. The Morgan fingerprint density at radius 2 is 1.88 bits per heavy atom. The third-order valence-corrected chi connectivity index (χ3v) is 4.79. The number of rotatable bonds is 2. The largest absolute Gasteiger partial charge is 0.523 e.